The van der Waals surface area contributed by atoms with Gasteiger partial charge in [0.1, 0.15) is 0 Å². The van der Waals surface area contributed by atoms with Gasteiger partial charge in [-0.2, -0.15) is 8.78 Å². The quantitative estimate of drug-likeness (QED) is 0.619. The zero-order valence-electron chi connectivity index (χ0n) is 13.6. The highest BCUT2D eigenvalue weighted by Crippen LogP contribution is 2.07. The molecule has 0 amide bonds. The van der Waals surface area contributed by atoms with Crippen molar-refractivity contribution >= 4 is 11.9 Å². The summed E-state index contributed by atoms with van der Waals surface area (Å²) in [5.41, 5.74) is 1.25. The zero-order chi connectivity index (χ0) is 18.3. The first-order chi connectivity index (χ1) is 11.3. The van der Waals surface area contributed by atoms with Crippen LogP contribution >= 0.6 is 0 Å². The normalized spacial score (nSPS) is 9.58. The zero-order valence-corrected chi connectivity index (χ0v) is 13.6. The number of hydrogen-bond donors (Lipinski definition) is 0. The molecule has 0 fully saturated rings. The lowest BCUT2D eigenvalue weighted by Crippen LogP contribution is -2.05. The van der Waals surface area contributed by atoms with Crippen LogP contribution in [0.2, 0.25) is 0 Å². The van der Waals surface area contributed by atoms with Crippen LogP contribution in [0.15, 0.2) is 24.3 Å². The Morgan fingerprint density at radius 3 is 1.38 bits per heavy atom. The molecule has 8 heteroatoms. The van der Waals surface area contributed by atoms with Crippen molar-refractivity contribution in [3.05, 3.63) is 58.7 Å². The Bertz CT molecular complexity index is 687. The van der Waals surface area contributed by atoms with Gasteiger partial charge in [0.2, 0.25) is 11.9 Å². The fourth-order valence-corrected chi connectivity index (χ4v) is 1.71. The van der Waals surface area contributed by atoms with Gasteiger partial charge in [0.25, 0.3) is 0 Å². The van der Waals surface area contributed by atoms with Crippen LogP contribution in [-0.4, -0.2) is 36.1 Å². The molecule has 0 bridgehead atoms. The van der Waals surface area contributed by atoms with E-state index in [4.69, 9.17) is 0 Å². The van der Waals surface area contributed by atoms with Crippen molar-refractivity contribution in [2.24, 2.45) is 0 Å². The standard InChI is InChI=1S/2C8H8FNO2/c2*1-5-6(8(11)12-2)3-4-7(9)10-5/h2*3-4H,1-2H3. The predicted molar refractivity (Wildman–Crippen MR) is 80.5 cm³/mol. The number of ether oxygens (including phenoxy) is 2. The number of carbonyl (C=O) groups is 2. The predicted octanol–water partition coefficient (Wildman–Crippen LogP) is 2.63. The summed E-state index contributed by atoms with van der Waals surface area (Å²) in [6.45, 7) is 3.10. The Labute approximate surface area is 137 Å². The Kier molecular flexibility index (Phi) is 6.91. The van der Waals surface area contributed by atoms with Crippen LogP contribution in [0.25, 0.3) is 0 Å². The smallest absolute Gasteiger partial charge is 0.339 e. The van der Waals surface area contributed by atoms with E-state index in [2.05, 4.69) is 19.4 Å². The molecule has 0 unspecified atom stereocenters. The van der Waals surface area contributed by atoms with Gasteiger partial charge in [0, 0.05) is 0 Å². The first kappa shape index (κ1) is 19.1. The highest BCUT2D eigenvalue weighted by Gasteiger charge is 2.10. The molecular formula is C16H16F2N2O4. The molecule has 0 aliphatic heterocycles. The van der Waals surface area contributed by atoms with Crippen LogP contribution in [-0.2, 0) is 9.47 Å². The first-order valence-corrected chi connectivity index (χ1v) is 6.73. The van der Waals surface area contributed by atoms with Crippen LogP contribution in [0.1, 0.15) is 32.1 Å². The summed E-state index contributed by atoms with van der Waals surface area (Å²) in [5.74, 6) is -2.19. The van der Waals surface area contributed by atoms with Gasteiger partial charge in [0.15, 0.2) is 0 Å². The number of pyridine rings is 2. The van der Waals surface area contributed by atoms with Gasteiger partial charge >= 0.3 is 11.9 Å². The molecule has 2 aromatic heterocycles. The van der Waals surface area contributed by atoms with Crippen LogP contribution in [0, 0.1) is 25.7 Å². The van der Waals surface area contributed by atoms with Crippen molar-refractivity contribution in [2.45, 2.75) is 13.8 Å². The van der Waals surface area contributed by atoms with E-state index in [1.165, 1.54) is 26.4 Å². The summed E-state index contributed by atoms with van der Waals surface area (Å²) in [4.78, 5) is 28.9. The second kappa shape index (κ2) is 8.66. The van der Waals surface area contributed by atoms with E-state index < -0.39 is 23.8 Å². The average Bonchev–Trinajstić information content (AvgIpc) is 2.54. The number of hydrogen-bond acceptors (Lipinski definition) is 6. The molecule has 0 aliphatic carbocycles. The van der Waals surface area contributed by atoms with Crippen LogP contribution < -0.4 is 0 Å². The largest absolute Gasteiger partial charge is 0.465 e. The van der Waals surface area contributed by atoms with Crippen molar-refractivity contribution in [2.75, 3.05) is 14.2 Å². The Morgan fingerprint density at radius 1 is 0.792 bits per heavy atom. The second-order valence-corrected chi connectivity index (χ2v) is 4.52. The number of nitrogens with zero attached hydrogens (tertiary/aromatic N) is 2. The minimum Gasteiger partial charge on any atom is -0.465 e. The van der Waals surface area contributed by atoms with E-state index in [0.717, 1.165) is 12.1 Å². The van der Waals surface area contributed by atoms with Gasteiger partial charge in [-0.25, -0.2) is 19.6 Å². The molecule has 2 aromatic rings. The fourth-order valence-electron chi connectivity index (χ4n) is 1.71. The number of carbonyl (C=O) groups excluding carboxylic acids is 2. The SMILES string of the molecule is COC(=O)c1ccc(F)nc1C.COC(=O)c1ccc(F)nc1C. The van der Waals surface area contributed by atoms with Crippen LogP contribution in [0.3, 0.4) is 0 Å². The van der Waals surface area contributed by atoms with Gasteiger partial charge in [-0.15, -0.1) is 0 Å². The summed E-state index contributed by atoms with van der Waals surface area (Å²) in [6, 6.07) is 4.95. The third-order valence-electron chi connectivity index (χ3n) is 2.91. The maximum absolute atomic E-state index is 12.5. The third kappa shape index (κ3) is 5.08. The lowest BCUT2D eigenvalue weighted by molar-refractivity contribution is 0.0590. The van der Waals surface area contributed by atoms with Gasteiger partial charge in [-0.05, 0) is 38.1 Å². The molecule has 0 saturated heterocycles. The van der Waals surface area contributed by atoms with Crippen molar-refractivity contribution in [3.8, 4) is 0 Å². The number of aromatic nitrogens is 2. The van der Waals surface area contributed by atoms with E-state index in [9.17, 15) is 18.4 Å². The minimum atomic E-state index is -0.597. The van der Waals surface area contributed by atoms with Crippen molar-refractivity contribution in [1.29, 1.82) is 0 Å². The van der Waals surface area contributed by atoms with E-state index in [1.54, 1.807) is 13.8 Å². The van der Waals surface area contributed by atoms with Gasteiger partial charge < -0.3 is 9.47 Å². The van der Waals surface area contributed by atoms with E-state index in [-0.39, 0.29) is 0 Å². The van der Waals surface area contributed by atoms with E-state index in [0.29, 0.717) is 22.5 Å². The summed E-state index contributed by atoms with van der Waals surface area (Å²) in [7, 11) is 2.54. The van der Waals surface area contributed by atoms with E-state index >= 15 is 0 Å². The second-order valence-electron chi connectivity index (χ2n) is 4.52. The number of aryl methyl sites for hydroxylation is 2. The molecular weight excluding hydrogens is 322 g/mol. The molecule has 0 N–H and O–H groups in total. The number of rotatable bonds is 2. The van der Waals surface area contributed by atoms with Gasteiger partial charge in [-0.3, -0.25) is 0 Å². The number of esters is 2. The maximum atomic E-state index is 12.5. The Balaban J connectivity index is 0.000000240. The molecule has 0 aliphatic rings. The van der Waals surface area contributed by atoms with Crippen LogP contribution in [0.4, 0.5) is 8.78 Å². The molecule has 0 radical (unpaired) electrons. The average molecular weight is 338 g/mol. The molecule has 2 heterocycles. The lowest BCUT2D eigenvalue weighted by atomic mass is 10.2. The Hall–Kier alpha value is -2.90. The monoisotopic (exact) mass is 338 g/mol. The molecule has 0 atom stereocenters. The highest BCUT2D eigenvalue weighted by atomic mass is 19.1. The van der Waals surface area contributed by atoms with Crippen molar-refractivity contribution < 1.29 is 27.8 Å². The van der Waals surface area contributed by atoms with Crippen molar-refractivity contribution in [1.82, 2.24) is 9.97 Å². The fraction of sp³-hybridized carbons (Fsp3) is 0.250. The summed E-state index contributed by atoms with van der Waals surface area (Å²) in [5, 5.41) is 0. The molecule has 2 rings (SSSR count). The molecule has 6 nitrogen and oxygen atoms in total. The highest BCUT2D eigenvalue weighted by molar-refractivity contribution is 5.90. The molecule has 128 valence electrons. The molecule has 0 spiro atoms. The summed E-state index contributed by atoms with van der Waals surface area (Å²) in [6.07, 6.45) is 0. The van der Waals surface area contributed by atoms with Crippen molar-refractivity contribution in [3.63, 3.8) is 0 Å². The maximum Gasteiger partial charge on any atom is 0.339 e. The van der Waals surface area contributed by atoms with Crippen LogP contribution in [0.5, 0.6) is 0 Å². The molecule has 24 heavy (non-hydrogen) atoms. The third-order valence-corrected chi connectivity index (χ3v) is 2.91. The van der Waals surface area contributed by atoms with Gasteiger partial charge in [0.05, 0.1) is 36.7 Å². The lowest BCUT2D eigenvalue weighted by Gasteiger charge is -2.01. The van der Waals surface area contributed by atoms with E-state index in [1.807, 2.05) is 0 Å². The number of methoxy groups -OCH3 is 2. The summed E-state index contributed by atoms with van der Waals surface area (Å²) >= 11 is 0. The minimum absolute atomic E-state index is 0.291. The Morgan fingerprint density at radius 2 is 1.12 bits per heavy atom. The molecule has 0 aromatic carbocycles. The van der Waals surface area contributed by atoms with Gasteiger partial charge in [-0.1, -0.05) is 0 Å². The first-order valence-electron chi connectivity index (χ1n) is 6.73. The molecule has 0 saturated carbocycles. The topological polar surface area (TPSA) is 78.4 Å². The number of halogens is 2. The summed E-state index contributed by atoms with van der Waals surface area (Å²) < 4.78 is 33.8.